The first kappa shape index (κ1) is 14.6. The van der Waals surface area contributed by atoms with Crippen molar-refractivity contribution in [3.63, 3.8) is 0 Å². The molecule has 2 heterocycles. The van der Waals surface area contributed by atoms with E-state index in [1.54, 1.807) is 24.6 Å². The van der Waals surface area contributed by atoms with E-state index in [1.807, 2.05) is 12.1 Å². The molecule has 0 saturated heterocycles. The summed E-state index contributed by atoms with van der Waals surface area (Å²) < 4.78 is 5.67. The van der Waals surface area contributed by atoms with Gasteiger partial charge in [0.05, 0.1) is 12.9 Å². The second kappa shape index (κ2) is 5.14. The summed E-state index contributed by atoms with van der Waals surface area (Å²) in [5.41, 5.74) is 3.69. The summed E-state index contributed by atoms with van der Waals surface area (Å²) in [4.78, 5) is 14.8. The number of aliphatic hydroxyl groups is 1. The Labute approximate surface area is 128 Å². The Hall–Kier alpha value is -2.33. The van der Waals surface area contributed by atoms with Gasteiger partial charge in [-0.05, 0) is 35.2 Å². The van der Waals surface area contributed by atoms with Crippen LogP contribution in [0.2, 0.25) is 0 Å². The number of aromatic amines is 1. The van der Waals surface area contributed by atoms with Gasteiger partial charge in [-0.25, -0.2) is 0 Å². The Morgan fingerprint density at radius 1 is 1.27 bits per heavy atom. The second-order valence-electron chi connectivity index (χ2n) is 6.48. The Bertz CT molecular complexity index is 881. The first-order valence-electron chi connectivity index (χ1n) is 7.25. The number of benzene rings is 1. The SMILES string of the molecule is CC(C)(C)c1cc(-c2ccc[nH]c2=O)cc2c(CO)coc12. The molecule has 0 spiro atoms. The van der Waals surface area contributed by atoms with Gasteiger partial charge in [-0.3, -0.25) is 4.79 Å². The van der Waals surface area contributed by atoms with Crippen LogP contribution in [0, 0.1) is 0 Å². The highest BCUT2D eigenvalue weighted by Gasteiger charge is 2.22. The Balaban J connectivity index is 2.38. The number of hydrogen-bond acceptors (Lipinski definition) is 3. The van der Waals surface area contributed by atoms with Crippen molar-refractivity contribution in [3.05, 3.63) is 58.2 Å². The average Bonchev–Trinajstić information content (AvgIpc) is 2.88. The van der Waals surface area contributed by atoms with Gasteiger partial charge in [0.1, 0.15) is 5.58 Å². The maximum absolute atomic E-state index is 12.1. The zero-order valence-corrected chi connectivity index (χ0v) is 12.9. The van der Waals surface area contributed by atoms with Crippen molar-refractivity contribution < 1.29 is 9.52 Å². The van der Waals surface area contributed by atoms with Crippen molar-refractivity contribution in [2.75, 3.05) is 0 Å². The number of hydrogen-bond donors (Lipinski definition) is 2. The number of rotatable bonds is 2. The Morgan fingerprint density at radius 3 is 2.68 bits per heavy atom. The maximum Gasteiger partial charge on any atom is 0.255 e. The highest BCUT2D eigenvalue weighted by molar-refractivity contribution is 5.89. The van der Waals surface area contributed by atoms with E-state index in [-0.39, 0.29) is 17.6 Å². The lowest BCUT2D eigenvalue weighted by Gasteiger charge is -2.20. The van der Waals surface area contributed by atoms with Crippen LogP contribution in [-0.2, 0) is 12.0 Å². The van der Waals surface area contributed by atoms with E-state index in [0.717, 1.165) is 27.7 Å². The van der Waals surface area contributed by atoms with Crippen molar-refractivity contribution in [2.24, 2.45) is 0 Å². The van der Waals surface area contributed by atoms with Crippen molar-refractivity contribution in [1.29, 1.82) is 0 Å². The van der Waals surface area contributed by atoms with E-state index in [1.165, 1.54) is 0 Å². The number of aromatic nitrogens is 1. The second-order valence-corrected chi connectivity index (χ2v) is 6.48. The average molecular weight is 297 g/mol. The van der Waals surface area contributed by atoms with E-state index in [9.17, 15) is 9.90 Å². The quantitative estimate of drug-likeness (QED) is 0.760. The zero-order chi connectivity index (χ0) is 15.9. The third kappa shape index (κ3) is 2.35. The van der Waals surface area contributed by atoms with Crippen LogP contribution in [-0.4, -0.2) is 10.1 Å². The predicted octanol–water partition coefficient (Wildman–Crippen LogP) is 3.58. The normalized spacial score (nSPS) is 12.0. The molecule has 2 N–H and O–H groups in total. The molecule has 0 amide bonds. The lowest BCUT2D eigenvalue weighted by Crippen LogP contribution is -2.13. The van der Waals surface area contributed by atoms with Gasteiger partial charge in [0.2, 0.25) is 0 Å². The van der Waals surface area contributed by atoms with Gasteiger partial charge in [-0.15, -0.1) is 0 Å². The summed E-state index contributed by atoms with van der Waals surface area (Å²) in [6.07, 6.45) is 3.20. The van der Waals surface area contributed by atoms with Crippen molar-refractivity contribution >= 4 is 11.0 Å². The van der Waals surface area contributed by atoms with Crippen LogP contribution in [0.4, 0.5) is 0 Å². The fourth-order valence-corrected chi connectivity index (χ4v) is 2.67. The molecule has 2 aromatic heterocycles. The van der Waals surface area contributed by atoms with Gasteiger partial charge in [0.15, 0.2) is 0 Å². The monoisotopic (exact) mass is 297 g/mol. The van der Waals surface area contributed by atoms with Crippen LogP contribution in [0.15, 0.2) is 45.9 Å². The molecule has 3 rings (SSSR count). The van der Waals surface area contributed by atoms with Gasteiger partial charge in [-0.1, -0.05) is 20.8 Å². The zero-order valence-electron chi connectivity index (χ0n) is 12.9. The summed E-state index contributed by atoms with van der Waals surface area (Å²) >= 11 is 0. The summed E-state index contributed by atoms with van der Waals surface area (Å²) in [6, 6.07) is 7.51. The van der Waals surface area contributed by atoms with Crippen LogP contribution in [0.5, 0.6) is 0 Å². The molecule has 0 aliphatic rings. The summed E-state index contributed by atoms with van der Waals surface area (Å²) in [5, 5.41) is 10.4. The number of pyridine rings is 1. The molecule has 0 fully saturated rings. The number of nitrogens with one attached hydrogen (secondary N) is 1. The summed E-state index contributed by atoms with van der Waals surface area (Å²) in [5.74, 6) is 0. The van der Waals surface area contributed by atoms with E-state index < -0.39 is 0 Å². The molecule has 4 nitrogen and oxygen atoms in total. The smallest absolute Gasteiger partial charge is 0.255 e. The Kier molecular flexibility index (Phi) is 3.41. The lowest BCUT2D eigenvalue weighted by molar-refractivity contribution is 0.281. The number of furan rings is 1. The molecule has 0 atom stereocenters. The molecule has 0 radical (unpaired) electrons. The van der Waals surface area contributed by atoms with Gasteiger partial charge in [0.25, 0.3) is 5.56 Å². The molecule has 4 heteroatoms. The van der Waals surface area contributed by atoms with E-state index >= 15 is 0 Å². The fraction of sp³-hybridized carbons (Fsp3) is 0.278. The minimum absolute atomic E-state index is 0.0921. The molecule has 0 saturated carbocycles. The standard InChI is InChI=1S/C18H19NO3/c1-18(2,3)15-8-11(13-5-4-6-19-17(13)21)7-14-12(9-20)10-22-16(14)15/h4-8,10,20H,9H2,1-3H3,(H,19,21). The number of H-pyrrole nitrogens is 1. The van der Waals surface area contributed by atoms with Gasteiger partial charge < -0.3 is 14.5 Å². The molecular weight excluding hydrogens is 278 g/mol. The van der Waals surface area contributed by atoms with Gasteiger partial charge in [0, 0.05) is 28.3 Å². The van der Waals surface area contributed by atoms with Crippen molar-refractivity contribution in [3.8, 4) is 11.1 Å². The van der Waals surface area contributed by atoms with E-state index in [4.69, 9.17) is 4.42 Å². The number of aliphatic hydroxyl groups excluding tert-OH is 1. The molecule has 0 aliphatic carbocycles. The third-order valence-corrected chi connectivity index (χ3v) is 3.86. The number of fused-ring (bicyclic) bond motifs is 1. The highest BCUT2D eigenvalue weighted by atomic mass is 16.3. The topological polar surface area (TPSA) is 66.2 Å². The fourth-order valence-electron chi connectivity index (χ4n) is 2.67. The molecular formula is C18H19NO3. The maximum atomic E-state index is 12.1. The first-order chi connectivity index (χ1) is 10.4. The molecule has 0 bridgehead atoms. The van der Waals surface area contributed by atoms with Crippen LogP contribution >= 0.6 is 0 Å². The van der Waals surface area contributed by atoms with E-state index in [0.29, 0.717) is 5.56 Å². The van der Waals surface area contributed by atoms with Crippen LogP contribution in [0.1, 0.15) is 31.9 Å². The first-order valence-corrected chi connectivity index (χ1v) is 7.25. The molecule has 22 heavy (non-hydrogen) atoms. The van der Waals surface area contributed by atoms with Crippen molar-refractivity contribution in [2.45, 2.75) is 32.8 Å². The van der Waals surface area contributed by atoms with E-state index in [2.05, 4.69) is 25.8 Å². The van der Waals surface area contributed by atoms with Gasteiger partial charge >= 0.3 is 0 Å². The van der Waals surface area contributed by atoms with Gasteiger partial charge in [-0.2, -0.15) is 0 Å². The van der Waals surface area contributed by atoms with Crippen LogP contribution < -0.4 is 5.56 Å². The minimum Gasteiger partial charge on any atom is -0.464 e. The largest absolute Gasteiger partial charge is 0.464 e. The van der Waals surface area contributed by atoms with Crippen LogP contribution in [0.3, 0.4) is 0 Å². The summed E-state index contributed by atoms with van der Waals surface area (Å²) in [6.45, 7) is 6.21. The molecule has 0 aliphatic heterocycles. The molecule has 1 aromatic carbocycles. The third-order valence-electron chi connectivity index (χ3n) is 3.86. The molecule has 3 aromatic rings. The molecule has 0 unspecified atom stereocenters. The lowest BCUT2D eigenvalue weighted by atomic mass is 9.84. The minimum atomic E-state index is -0.139. The molecule has 114 valence electrons. The summed E-state index contributed by atoms with van der Waals surface area (Å²) in [7, 11) is 0. The predicted molar refractivity (Wildman–Crippen MR) is 86.9 cm³/mol. The Morgan fingerprint density at radius 2 is 2.05 bits per heavy atom. The van der Waals surface area contributed by atoms with Crippen molar-refractivity contribution in [1.82, 2.24) is 4.98 Å². The van der Waals surface area contributed by atoms with Crippen LogP contribution in [0.25, 0.3) is 22.1 Å². The highest BCUT2D eigenvalue weighted by Crippen LogP contribution is 2.36.